The fourth-order valence-corrected chi connectivity index (χ4v) is 2.41. The van der Waals surface area contributed by atoms with E-state index >= 15 is 0 Å². The quantitative estimate of drug-likeness (QED) is 0.618. The van der Waals surface area contributed by atoms with Crippen molar-refractivity contribution in [2.24, 2.45) is 0 Å². The lowest BCUT2D eigenvalue weighted by molar-refractivity contribution is 0.0938. The van der Waals surface area contributed by atoms with Gasteiger partial charge < -0.3 is 9.47 Å². The van der Waals surface area contributed by atoms with Crippen molar-refractivity contribution < 1.29 is 9.47 Å². The van der Waals surface area contributed by atoms with Gasteiger partial charge >= 0.3 is 0 Å². The van der Waals surface area contributed by atoms with E-state index < -0.39 is 0 Å². The minimum atomic E-state index is -0.0541. The van der Waals surface area contributed by atoms with Crippen LogP contribution >= 0.6 is 11.6 Å². The molecule has 5 nitrogen and oxygen atoms in total. The molecule has 1 aromatic heterocycles. The molecule has 2 aromatic carbocycles. The molecule has 124 valence electrons. The smallest absolute Gasteiger partial charge is 0.261 e. The Balaban J connectivity index is 1.44. The zero-order valence-electron chi connectivity index (χ0n) is 13.0. The average molecular weight is 345 g/mol. The minimum absolute atomic E-state index is 0.0541. The Bertz CT molecular complexity index is 862. The van der Waals surface area contributed by atoms with Crippen LogP contribution in [0.2, 0.25) is 5.02 Å². The topological polar surface area (TPSA) is 53.4 Å². The van der Waals surface area contributed by atoms with Crippen molar-refractivity contribution in [3.63, 3.8) is 0 Å². The van der Waals surface area contributed by atoms with E-state index in [9.17, 15) is 4.79 Å². The van der Waals surface area contributed by atoms with E-state index in [1.165, 1.54) is 0 Å². The summed E-state index contributed by atoms with van der Waals surface area (Å²) in [7, 11) is 0. The number of aromatic nitrogens is 2. The molecule has 6 heteroatoms. The molecule has 0 saturated carbocycles. The molecule has 0 radical (unpaired) electrons. The molecule has 0 spiro atoms. The Kier molecular flexibility index (Phi) is 5.46. The second-order valence-electron chi connectivity index (χ2n) is 5.18. The Morgan fingerprint density at radius 3 is 2.62 bits per heavy atom. The fraction of sp³-hybridized carbons (Fsp3) is 0.222. The number of halogens is 1. The van der Waals surface area contributed by atoms with Gasteiger partial charge in [-0.25, -0.2) is 4.98 Å². The maximum absolute atomic E-state index is 12.3. The average Bonchev–Trinajstić information content (AvgIpc) is 2.61. The number of hydrogen-bond acceptors (Lipinski definition) is 4. The highest BCUT2D eigenvalue weighted by molar-refractivity contribution is 6.30. The minimum Gasteiger partial charge on any atom is -0.491 e. The van der Waals surface area contributed by atoms with Crippen molar-refractivity contribution in [1.29, 1.82) is 0 Å². The number of nitrogens with zero attached hydrogens (tertiary/aromatic N) is 2. The zero-order chi connectivity index (χ0) is 16.8. The molecule has 0 aliphatic heterocycles. The maximum atomic E-state index is 12.3. The van der Waals surface area contributed by atoms with Gasteiger partial charge in [0.05, 0.1) is 37.0 Å². The first-order valence-corrected chi connectivity index (χ1v) is 8.02. The Morgan fingerprint density at radius 2 is 1.79 bits per heavy atom. The van der Waals surface area contributed by atoms with Crippen LogP contribution in [0.1, 0.15) is 0 Å². The molecule has 0 unspecified atom stereocenters. The molecule has 0 fully saturated rings. The van der Waals surface area contributed by atoms with Gasteiger partial charge in [0.2, 0.25) is 0 Å². The molecule has 0 aliphatic rings. The number of rotatable bonds is 7. The second kappa shape index (κ2) is 7.95. The van der Waals surface area contributed by atoms with Crippen molar-refractivity contribution >= 4 is 22.5 Å². The summed E-state index contributed by atoms with van der Waals surface area (Å²) in [5, 5.41) is 1.29. The summed E-state index contributed by atoms with van der Waals surface area (Å²) < 4.78 is 12.6. The molecule has 3 rings (SSSR count). The number of fused-ring (bicyclic) bond motifs is 1. The first-order chi connectivity index (χ1) is 11.7. The third-order valence-corrected chi connectivity index (χ3v) is 3.77. The molecule has 0 amide bonds. The summed E-state index contributed by atoms with van der Waals surface area (Å²) in [6, 6.07) is 14.5. The fourth-order valence-electron chi connectivity index (χ4n) is 2.28. The van der Waals surface area contributed by atoms with E-state index in [-0.39, 0.29) is 5.56 Å². The molecular weight excluding hydrogens is 328 g/mol. The number of para-hydroxylation sites is 1. The predicted octanol–water partition coefficient (Wildman–Crippen LogP) is 3.15. The molecule has 24 heavy (non-hydrogen) atoms. The van der Waals surface area contributed by atoms with E-state index in [1.807, 2.05) is 30.3 Å². The van der Waals surface area contributed by atoms with E-state index in [2.05, 4.69) is 4.98 Å². The summed E-state index contributed by atoms with van der Waals surface area (Å²) in [5.74, 6) is 0.748. The van der Waals surface area contributed by atoms with Crippen LogP contribution in [0.15, 0.2) is 59.7 Å². The van der Waals surface area contributed by atoms with E-state index in [0.29, 0.717) is 42.3 Å². The monoisotopic (exact) mass is 344 g/mol. The first kappa shape index (κ1) is 16.5. The lowest BCUT2D eigenvalue weighted by Gasteiger charge is -2.09. The molecular formula is C18H17ClN2O3. The zero-order valence-corrected chi connectivity index (χ0v) is 13.8. The van der Waals surface area contributed by atoms with Gasteiger partial charge in [-0.3, -0.25) is 9.36 Å². The number of benzene rings is 2. The van der Waals surface area contributed by atoms with Gasteiger partial charge in [0.25, 0.3) is 5.56 Å². The van der Waals surface area contributed by atoms with Gasteiger partial charge in [0.15, 0.2) is 0 Å². The van der Waals surface area contributed by atoms with Crippen LogP contribution in [0.3, 0.4) is 0 Å². The van der Waals surface area contributed by atoms with Crippen molar-refractivity contribution in [2.75, 3.05) is 19.8 Å². The van der Waals surface area contributed by atoms with E-state index in [4.69, 9.17) is 21.1 Å². The molecule has 0 N–H and O–H groups in total. The highest BCUT2D eigenvalue weighted by Gasteiger charge is 2.03. The van der Waals surface area contributed by atoms with Crippen LogP contribution in [0.4, 0.5) is 0 Å². The van der Waals surface area contributed by atoms with Crippen molar-refractivity contribution in [3.05, 3.63) is 70.2 Å². The van der Waals surface area contributed by atoms with Gasteiger partial charge in [0.1, 0.15) is 12.4 Å². The lowest BCUT2D eigenvalue weighted by atomic mass is 10.2. The molecule has 0 saturated heterocycles. The van der Waals surface area contributed by atoms with Gasteiger partial charge in [-0.05, 0) is 36.4 Å². The van der Waals surface area contributed by atoms with Gasteiger partial charge in [0, 0.05) is 5.02 Å². The van der Waals surface area contributed by atoms with Crippen molar-refractivity contribution in [1.82, 2.24) is 9.55 Å². The second-order valence-corrected chi connectivity index (χ2v) is 5.61. The van der Waals surface area contributed by atoms with E-state index in [0.717, 1.165) is 5.75 Å². The van der Waals surface area contributed by atoms with Crippen LogP contribution < -0.4 is 10.3 Å². The van der Waals surface area contributed by atoms with Crippen LogP contribution in [-0.4, -0.2) is 29.4 Å². The maximum Gasteiger partial charge on any atom is 0.261 e. The van der Waals surface area contributed by atoms with Crippen LogP contribution in [0, 0.1) is 0 Å². The van der Waals surface area contributed by atoms with Crippen molar-refractivity contribution in [2.45, 2.75) is 6.54 Å². The largest absolute Gasteiger partial charge is 0.491 e. The normalized spacial score (nSPS) is 10.9. The molecule has 0 aliphatic carbocycles. The van der Waals surface area contributed by atoms with Crippen LogP contribution in [0.25, 0.3) is 10.9 Å². The van der Waals surface area contributed by atoms with E-state index in [1.54, 1.807) is 29.1 Å². The standard InChI is InChI=1S/C18H17ClN2O3/c19-14-5-7-15(8-6-14)24-12-11-23-10-9-21-13-20-17-4-2-1-3-16(17)18(21)22/h1-8,13H,9-12H2. The summed E-state index contributed by atoms with van der Waals surface area (Å²) in [6.07, 6.45) is 1.55. The summed E-state index contributed by atoms with van der Waals surface area (Å²) in [5.41, 5.74) is 0.651. The first-order valence-electron chi connectivity index (χ1n) is 7.64. The van der Waals surface area contributed by atoms with Gasteiger partial charge in [-0.15, -0.1) is 0 Å². The number of ether oxygens (including phenoxy) is 2. The summed E-state index contributed by atoms with van der Waals surface area (Å²) in [6.45, 7) is 1.76. The SMILES string of the molecule is O=c1c2ccccc2ncn1CCOCCOc1ccc(Cl)cc1. The summed E-state index contributed by atoms with van der Waals surface area (Å²) in [4.78, 5) is 16.6. The predicted molar refractivity (Wildman–Crippen MR) is 93.8 cm³/mol. The van der Waals surface area contributed by atoms with Crippen LogP contribution in [0.5, 0.6) is 5.75 Å². The third-order valence-electron chi connectivity index (χ3n) is 3.52. The molecule has 1 heterocycles. The van der Waals surface area contributed by atoms with Gasteiger partial charge in [-0.2, -0.15) is 0 Å². The number of hydrogen-bond donors (Lipinski definition) is 0. The van der Waals surface area contributed by atoms with Gasteiger partial charge in [-0.1, -0.05) is 23.7 Å². The van der Waals surface area contributed by atoms with Crippen molar-refractivity contribution in [3.8, 4) is 5.75 Å². The Morgan fingerprint density at radius 1 is 1.00 bits per heavy atom. The molecule has 3 aromatic rings. The molecule has 0 atom stereocenters. The highest BCUT2D eigenvalue weighted by atomic mass is 35.5. The lowest BCUT2D eigenvalue weighted by Crippen LogP contribution is -2.23. The summed E-state index contributed by atoms with van der Waals surface area (Å²) >= 11 is 5.81. The molecule has 0 bridgehead atoms. The third kappa shape index (κ3) is 4.13. The Hall–Kier alpha value is -2.37. The van der Waals surface area contributed by atoms with Crippen LogP contribution in [-0.2, 0) is 11.3 Å². The Labute approximate surface area is 144 Å². The highest BCUT2D eigenvalue weighted by Crippen LogP contribution is 2.15.